The molecule has 133 valence electrons. The van der Waals surface area contributed by atoms with Crippen molar-refractivity contribution in [3.63, 3.8) is 0 Å². The van der Waals surface area contributed by atoms with Crippen LogP contribution in [0.4, 0.5) is 4.39 Å². The molecule has 0 bridgehead atoms. The highest BCUT2D eigenvalue weighted by atomic mass is 19.1. The molecule has 0 saturated carbocycles. The highest BCUT2D eigenvalue weighted by Crippen LogP contribution is 2.40. The molecule has 2 N–H and O–H groups in total. The second-order valence-electron chi connectivity index (χ2n) is 6.28. The van der Waals surface area contributed by atoms with Crippen LogP contribution >= 0.6 is 0 Å². The van der Waals surface area contributed by atoms with Crippen molar-refractivity contribution in [1.82, 2.24) is 9.88 Å². The molecule has 27 heavy (non-hydrogen) atoms. The van der Waals surface area contributed by atoms with E-state index in [1.807, 2.05) is 24.3 Å². The maximum atomic E-state index is 13.5. The molecule has 1 aliphatic heterocycles. The Morgan fingerprint density at radius 2 is 1.81 bits per heavy atom. The number of likely N-dealkylation sites (N-methyl/N-ethyl adjacent to an activating group) is 1. The number of amides is 1. The summed E-state index contributed by atoms with van der Waals surface area (Å²) >= 11 is 0. The van der Waals surface area contributed by atoms with E-state index in [2.05, 4.69) is 16.0 Å². The second-order valence-corrected chi connectivity index (χ2v) is 6.28. The predicted octanol–water partition coefficient (Wildman–Crippen LogP) is 2.72. The third-order valence-corrected chi connectivity index (χ3v) is 4.72. The Hall–Kier alpha value is -3.54. The third-order valence-electron chi connectivity index (χ3n) is 4.72. The Bertz CT molecular complexity index is 1050. The molecule has 0 aliphatic carbocycles. The summed E-state index contributed by atoms with van der Waals surface area (Å²) in [6.45, 7) is 0. The van der Waals surface area contributed by atoms with E-state index in [4.69, 9.17) is 5.73 Å². The van der Waals surface area contributed by atoms with Crippen LogP contribution in [0.5, 0.6) is 0 Å². The standard InChI is InChI=1S/C21H16FN4O/c1-26-19(27)21(25-20(26)23,16-7-3-2-4-8-16)17-9-5-6-14(12-17)15-10-11-24-18(22)13-15/h3-13H,1H3,(H2,23,25). The number of halogens is 1. The van der Waals surface area contributed by atoms with E-state index in [1.54, 1.807) is 37.4 Å². The highest BCUT2D eigenvalue weighted by Gasteiger charge is 2.49. The highest BCUT2D eigenvalue weighted by molar-refractivity contribution is 6.09. The minimum Gasteiger partial charge on any atom is -0.369 e. The van der Waals surface area contributed by atoms with Gasteiger partial charge in [-0.05, 0) is 40.5 Å². The molecule has 1 aromatic heterocycles. The molecule has 0 spiro atoms. The first kappa shape index (κ1) is 16.9. The van der Waals surface area contributed by atoms with Gasteiger partial charge in [-0.3, -0.25) is 9.69 Å². The normalized spacial score (nSPS) is 19.3. The summed E-state index contributed by atoms with van der Waals surface area (Å²) in [5.41, 5.74) is 7.46. The zero-order valence-electron chi connectivity index (χ0n) is 14.6. The molecule has 6 heteroatoms. The zero-order chi connectivity index (χ0) is 19.0. The van der Waals surface area contributed by atoms with Gasteiger partial charge in [-0.25, -0.2) is 9.98 Å². The summed E-state index contributed by atoms with van der Waals surface area (Å²) in [6.07, 6.45) is 1.41. The maximum Gasteiger partial charge on any atom is 0.266 e. The Morgan fingerprint density at radius 3 is 2.48 bits per heavy atom. The molecule has 1 atom stereocenters. The maximum absolute atomic E-state index is 13.5. The quantitative estimate of drug-likeness (QED) is 0.731. The molecule has 4 rings (SSSR count). The van der Waals surface area contributed by atoms with Gasteiger partial charge in [0.25, 0.3) is 5.91 Å². The summed E-state index contributed by atoms with van der Waals surface area (Å²) < 4.78 is 13.5. The Balaban J connectivity index is 1.93. The van der Waals surface area contributed by atoms with E-state index in [0.29, 0.717) is 16.7 Å². The van der Waals surface area contributed by atoms with Crippen LogP contribution in [-0.2, 0) is 10.3 Å². The van der Waals surface area contributed by atoms with E-state index in [1.165, 1.54) is 17.2 Å². The fourth-order valence-corrected chi connectivity index (χ4v) is 3.32. The monoisotopic (exact) mass is 359 g/mol. The van der Waals surface area contributed by atoms with Crippen molar-refractivity contribution in [3.8, 4) is 11.1 Å². The van der Waals surface area contributed by atoms with Crippen molar-refractivity contribution in [2.75, 3.05) is 7.05 Å². The van der Waals surface area contributed by atoms with E-state index in [-0.39, 0.29) is 11.9 Å². The number of aromatic nitrogens is 1. The van der Waals surface area contributed by atoms with Crippen molar-refractivity contribution in [3.05, 3.63) is 90.0 Å². The first-order chi connectivity index (χ1) is 13.0. The number of rotatable bonds is 3. The van der Waals surface area contributed by atoms with Gasteiger partial charge in [0.2, 0.25) is 5.95 Å². The summed E-state index contributed by atoms with van der Waals surface area (Å²) in [5, 5.41) is 0. The number of pyridine rings is 1. The van der Waals surface area contributed by atoms with Gasteiger partial charge in [-0.1, -0.05) is 42.5 Å². The Labute approximate surface area is 156 Å². The SMILES string of the molecule is CN1C(=O)C(c2cc[c]cc2)(c2cccc(-c3ccnc(F)c3)c2)N=C1N. The van der Waals surface area contributed by atoms with E-state index >= 15 is 0 Å². The van der Waals surface area contributed by atoms with E-state index in [9.17, 15) is 9.18 Å². The molecule has 0 fully saturated rings. The average molecular weight is 359 g/mol. The summed E-state index contributed by atoms with van der Waals surface area (Å²) in [7, 11) is 1.60. The van der Waals surface area contributed by atoms with E-state index < -0.39 is 11.5 Å². The van der Waals surface area contributed by atoms with Gasteiger partial charge >= 0.3 is 0 Å². The molecule has 5 nitrogen and oxygen atoms in total. The number of carbonyl (C=O) groups is 1. The molecular weight excluding hydrogens is 343 g/mol. The minimum absolute atomic E-state index is 0.146. The van der Waals surface area contributed by atoms with Crippen LogP contribution in [0.25, 0.3) is 11.1 Å². The molecule has 2 aromatic carbocycles. The first-order valence-corrected chi connectivity index (χ1v) is 8.35. The second kappa shape index (κ2) is 6.32. The number of carbonyl (C=O) groups excluding carboxylic acids is 1. The lowest BCUT2D eigenvalue weighted by molar-refractivity contribution is -0.129. The predicted molar refractivity (Wildman–Crippen MR) is 100 cm³/mol. The molecular formula is C21H16FN4O. The largest absolute Gasteiger partial charge is 0.369 e. The number of hydrogen-bond donors (Lipinski definition) is 1. The third kappa shape index (κ3) is 2.66. The number of hydrogen-bond acceptors (Lipinski definition) is 4. The van der Waals surface area contributed by atoms with Crippen LogP contribution in [0, 0.1) is 12.0 Å². The van der Waals surface area contributed by atoms with Gasteiger partial charge in [0.1, 0.15) is 0 Å². The Morgan fingerprint density at radius 1 is 1.07 bits per heavy atom. The van der Waals surface area contributed by atoms with Crippen molar-refractivity contribution in [2.24, 2.45) is 10.7 Å². The molecule has 1 unspecified atom stereocenters. The number of benzene rings is 2. The lowest BCUT2D eigenvalue weighted by atomic mass is 9.82. The molecule has 1 aliphatic rings. The van der Waals surface area contributed by atoms with Gasteiger partial charge < -0.3 is 5.73 Å². The fraction of sp³-hybridized carbons (Fsp3) is 0.0952. The van der Waals surface area contributed by atoms with E-state index in [0.717, 1.165) is 5.56 Å². The number of nitrogens with zero attached hydrogens (tertiary/aromatic N) is 3. The molecule has 1 radical (unpaired) electrons. The fourth-order valence-electron chi connectivity index (χ4n) is 3.32. The summed E-state index contributed by atoms with van der Waals surface area (Å²) in [6, 6.07) is 20.4. The number of guanidine groups is 1. The van der Waals surface area contributed by atoms with Gasteiger partial charge in [0.15, 0.2) is 11.5 Å². The van der Waals surface area contributed by atoms with Crippen molar-refractivity contribution < 1.29 is 9.18 Å². The smallest absolute Gasteiger partial charge is 0.266 e. The summed E-state index contributed by atoms with van der Waals surface area (Å²) in [5.74, 6) is -0.664. The van der Waals surface area contributed by atoms with Crippen LogP contribution in [0.1, 0.15) is 11.1 Å². The van der Waals surface area contributed by atoms with Crippen molar-refractivity contribution >= 4 is 11.9 Å². The van der Waals surface area contributed by atoms with Crippen LogP contribution < -0.4 is 5.73 Å². The number of nitrogens with two attached hydrogens (primary N) is 1. The van der Waals surface area contributed by atoms with Gasteiger partial charge in [-0.2, -0.15) is 4.39 Å². The van der Waals surface area contributed by atoms with Gasteiger partial charge in [0.05, 0.1) is 0 Å². The number of aliphatic imine (C=N–C) groups is 1. The van der Waals surface area contributed by atoms with Crippen LogP contribution in [0.2, 0.25) is 0 Å². The van der Waals surface area contributed by atoms with Crippen molar-refractivity contribution in [1.29, 1.82) is 0 Å². The summed E-state index contributed by atoms with van der Waals surface area (Å²) in [4.78, 5) is 22.7. The first-order valence-electron chi connectivity index (χ1n) is 8.35. The molecule has 0 saturated heterocycles. The van der Waals surface area contributed by atoms with Crippen LogP contribution in [-0.4, -0.2) is 28.8 Å². The molecule has 3 aromatic rings. The average Bonchev–Trinajstić information content (AvgIpc) is 2.94. The van der Waals surface area contributed by atoms with Crippen LogP contribution in [0.3, 0.4) is 0 Å². The van der Waals surface area contributed by atoms with Gasteiger partial charge in [-0.15, -0.1) is 0 Å². The topological polar surface area (TPSA) is 71.6 Å². The lowest BCUT2D eigenvalue weighted by Gasteiger charge is -2.26. The van der Waals surface area contributed by atoms with Gasteiger partial charge in [0, 0.05) is 19.3 Å². The van der Waals surface area contributed by atoms with Crippen LogP contribution in [0.15, 0.2) is 71.9 Å². The molecule has 2 heterocycles. The minimum atomic E-state index is -1.28. The van der Waals surface area contributed by atoms with Crippen molar-refractivity contribution in [2.45, 2.75) is 5.54 Å². The molecule has 1 amide bonds. The lowest BCUT2D eigenvalue weighted by Crippen LogP contribution is -2.41. The Kier molecular flexibility index (Phi) is 3.96. The zero-order valence-corrected chi connectivity index (χ0v) is 14.6.